The van der Waals surface area contributed by atoms with E-state index in [1.165, 1.54) is 0 Å². The van der Waals surface area contributed by atoms with E-state index in [2.05, 4.69) is 9.88 Å². The SMILES string of the molecule is COc1cc(C)nc(CN(C)CCCC(=O)O)c1. The van der Waals surface area contributed by atoms with Crippen molar-refractivity contribution in [2.75, 3.05) is 20.7 Å². The number of carboxylic acid groups (broad SMARTS) is 1. The van der Waals surface area contributed by atoms with Gasteiger partial charge in [0.25, 0.3) is 0 Å². The molecule has 1 N–H and O–H groups in total. The van der Waals surface area contributed by atoms with Crippen LogP contribution < -0.4 is 4.74 Å². The Morgan fingerprint density at radius 2 is 2.22 bits per heavy atom. The molecule has 18 heavy (non-hydrogen) atoms. The number of aryl methyl sites for hydroxylation is 1. The first-order valence-electron chi connectivity index (χ1n) is 5.93. The first-order valence-corrected chi connectivity index (χ1v) is 5.93. The highest BCUT2D eigenvalue weighted by atomic mass is 16.5. The summed E-state index contributed by atoms with van der Waals surface area (Å²) < 4.78 is 5.19. The Balaban J connectivity index is 2.50. The summed E-state index contributed by atoms with van der Waals surface area (Å²) in [5.74, 6) is 0.0511. The molecule has 1 aromatic heterocycles. The Morgan fingerprint density at radius 1 is 1.50 bits per heavy atom. The molecule has 1 rings (SSSR count). The van der Waals surface area contributed by atoms with Crippen molar-refractivity contribution >= 4 is 5.97 Å². The van der Waals surface area contributed by atoms with Gasteiger partial charge in [0.1, 0.15) is 5.75 Å². The van der Waals surface area contributed by atoms with Gasteiger partial charge in [0.05, 0.1) is 12.8 Å². The van der Waals surface area contributed by atoms with Gasteiger partial charge in [0.2, 0.25) is 0 Å². The summed E-state index contributed by atoms with van der Waals surface area (Å²) in [6, 6.07) is 3.79. The maximum Gasteiger partial charge on any atom is 0.303 e. The molecule has 0 unspecified atom stereocenters. The third kappa shape index (κ3) is 5.14. The number of aromatic nitrogens is 1. The van der Waals surface area contributed by atoms with Crippen molar-refractivity contribution in [3.05, 3.63) is 23.5 Å². The van der Waals surface area contributed by atoms with Crippen LogP contribution >= 0.6 is 0 Å². The lowest BCUT2D eigenvalue weighted by atomic mass is 10.2. The fraction of sp³-hybridized carbons (Fsp3) is 0.538. The third-order valence-corrected chi connectivity index (χ3v) is 2.58. The van der Waals surface area contributed by atoms with E-state index in [-0.39, 0.29) is 6.42 Å². The Bertz CT molecular complexity index is 407. The Hall–Kier alpha value is -1.62. The molecule has 0 aromatic carbocycles. The lowest BCUT2D eigenvalue weighted by Crippen LogP contribution is -2.20. The molecule has 0 bridgehead atoms. The minimum absolute atomic E-state index is 0.203. The van der Waals surface area contributed by atoms with Crippen LogP contribution in [0.4, 0.5) is 0 Å². The molecule has 0 amide bonds. The van der Waals surface area contributed by atoms with Crippen molar-refractivity contribution < 1.29 is 14.6 Å². The molecule has 0 aliphatic rings. The lowest BCUT2D eigenvalue weighted by Gasteiger charge is -2.16. The molecule has 0 spiro atoms. The van der Waals surface area contributed by atoms with Gasteiger partial charge in [-0.15, -0.1) is 0 Å². The molecule has 0 fully saturated rings. The van der Waals surface area contributed by atoms with E-state index in [1.54, 1.807) is 7.11 Å². The molecule has 0 saturated carbocycles. The molecule has 0 radical (unpaired) electrons. The highest BCUT2D eigenvalue weighted by Crippen LogP contribution is 2.14. The van der Waals surface area contributed by atoms with Crippen molar-refractivity contribution in [1.82, 2.24) is 9.88 Å². The van der Waals surface area contributed by atoms with Crippen molar-refractivity contribution in [3.63, 3.8) is 0 Å². The second kappa shape index (κ2) is 6.96. The zero-order valence-corrected chi connectivity index (χ0v) is 11.1. The van der Waals surface area contributed by atoms with E-state index in [4.69, 9.17) is 9.84 Å². The first-order chi connectivity index (χ1) is 8.51. The highest BCUT2D eigenvalue weighted by molar-refractivity contribution is 5.66. The van der Waals surface area contributed by atoms with Gasteiger partial charge in [-0.1, -0.05) is 0 Å². The van der Waals surface area contributed by atoms with E-state index in [9.17, 15) is 4.79 Å². The number of aliphatic carboxylic acids is 1. The van der Waals surface area contributed by atoms with Crippen LogP contribution in [0.1, 0.15) is 24.2 Å². The second-order valence-electron chi connectivity index (χ2n) is 4.37. The number of methoxy groups -OCH3 is 1. The molecule has 5 heteroatoms. The van der Waals surface area contributed by atoms with Gasteiger partial charge in [0.15, 0.2) is 0 Å². The van der Waals surface area contributed by atoms with Crippen LogP contribution in [0.3, 0.4) is 0 Å². The van der Waals surface area contributed by atoms with E-state index < -0.39 is 5.97 Å². The molecule has 0 aliphatic carbocycles. The molecule has 0 saturated heterocycles. The minimum atomic E-state index is -0.751. The molecule has 100 valence electrons. The normalized spacial score (nSPS) is 10.7. The molecule has 1 heterocycles. The van der Waals surface area contributed by atoms with Gasteiger partial charge >= 0.3 is 5.97 Å². The molecular formula is C13H20N2O3. The number of ether oxygens (including phenoxy) is 1. The van der Waals surface area contributed by atoms with Gasteiger partial charge in [-0.2, -0.15) is 0 Å². The van der Waals surface area contributed by atoms with Crippen LogP contribution in [0.25, 0.3) is 0 Å². The largest absolute Gasteiger partial charge is 0.497 e. The number of carboxylic acids is 1. The van der Waals surface area contributed by atoms with Gasteiger partial charge in [0, 0.05) is 30.8 Å². The van der Waals surface area contributed by atoms with Crippen molar-refractivity contribution in [2.24, 2.45) is 0 Å². The third-order valence-electron chi connectivity index (χ3n) is 2.58. The fourth-order valence-electron chi connectivity index (χ4n) is 1.76. The summed E-state index contributed by atoms with van der Waals surface area (Å²) in [6.07, 6.45) is 0.851. The average Bonchev–Trinajstić information content (AvgIpc) is 2.27. The van der Waals surface area contributed by atoms with Gasteiger partial charge in [-0.05, 0) is 26.9 Å². The van der Waals surface area contributed by atoms with Crippen LogP contribution in [-0.4, -0.2) is 41.7 Å². The lowest BCUT2D eigenvalue weighted by molar-refractivity contribution is -0.137. The first kappa shape index (κ1) is 14.4. The summed E-state index contributed by atoms with van der Waals surface area (Å²) in [5.41, 5.74) is 1.85. The zero-order valence-electron chi connectivity index (χ0n) is 11.1. The predicted octanol–water partition coefficient (Wildman–Crippen LogP) is 1.70. The Morgan fingerprint density at radius 3 is 2.83 bits per heavy atom. The average molecular weight is 252 g/mol. The smallest absolute Gasteiger partial charge is 0.303 e. The zero-order chi connectivity index (χ0) is 13.5. The quantitative estimate of drug-likeness (QED) is 0.800. The van der Waals surface area contributed by atoms with Crippen LogP contribution in [0.15, 0.2) is 12.1 Å². The monoisotopic (exact) mass is 252 g/mol. The van der Waals surface area contributed by atoms with Gasteiger partial charge in [-0.3, -0.25) is 9.78 Å². The summed E-state index contributed by atoms with van der Waals surface area (Å²) >= 11 is 0. The molecule has 0 atom stereocenters. The second-order valence-corrected chi connectivity index (χ2v) is 4.37. The van der Waals surface area contributed by atoms with Crippen LogP contribution in [0.2, 0.25) is 0 Å². The summed E-state index contributed by atoms with van der Waals surface area (Å²) in [4.78, 5) is 16.9. The van der Waals surface area contributed by atoms with Crippen molar-refractivity contribution in [1.29, 1.82) is 0 Å². The Kier molecular flexibility index (Phi) is 5.58. The van der Waals surface area contributed by atoms with Crippen LogP contribution in [-0.2, 0) is 11.3 Å². The number of pyridine rings is 1. The number of nitrogens with zero attached hydrogens (tertiary/aromatic N) is 2. The number of hydrogen-bond donors (Lipinski definition) is 1. The number of hydrogen-bond acceptors (Lipinski definition) is 4. The van der Waals surface area contributed by atoms with E-state index in [0.29, 0.717) is 13.0 Å². The van der Waals surface area contributed by atoms with Crippen LogP contribution in [0, 0.1) is 6.92 Å². The Labute approximate surface area is 107 Å². The maximum absolute atomic E-state index is 10.4. The van der Waals surface area contributed by atoms with E-state index in [0.717, 1.165) is 23.7 Å². The van der Waals surface area contributed by atoms with Gasteiger partial charge < -0.3 is 14.7 Å². The summed E-state index contributed by atoms with van der Waals surface area (Å²) in [6.45, 7) is 3.36. The number of carbonyl (C=O) groups is 1. The molecule has 1 aromatic rings. The molecule has 0 aliphatic heterocycles. The summed E-state index contributed by atoms with van der Waals surface area (Å²) in [5, 5.41) is 8.57. The maximum atomic E-state index is 10.4. The highest BCUT2D eigenvalue weighted by Gasteiger charge is 2.05. The predicted molar refractivity (Wildman–Crippen MR) is 68.7 cm³/mol. The summed E-state index contributed by atoms with van der Waals surface area (Å²) in [7, 11) is 3.59. The van der Waals surface area contributed by atoms with Crippen molar-refractivity contribution in [3.8, 4) is 5.75 Å². The topological polar surface area (TPSA) is 62.7 Å². The fourth-order valence-corrected chi connectivity index (χ4v) is 1.76. The molecule has 5 nitrogen and oxygen atoms in total. The van der Waals surface area contributed by atoms with Crippen molar-refractivity contribution in [2.45, 2.75) is 26.3 Å². The number of rotatable bonds is 7. The standard InChI is InChI=1S/C13H20N2O3/c1-10-7-12(18-3)8-11(14-10)9-15(2)6-4-5-13(16)17/h7-8H,4-6,9H2,1-3H3,(H,16,17). The van der Waals surface area contributed by atoms with E-state index in [1.807, 2.05) is 26.1 Å². The van der Waals surface area contributed by atoms with Gasteiger partial charge in [-0.25, -0.2) is 0 Å². The molecular weight excluding hydrogens is 232 g/mol. The van der Waals surface area contributed by atoms with Crippen LogP contribution in [0.5, 0.6) is 5.75 Å². The minimum Gasteiger partial charge on any atom is -0.497 e. The van der Waals surface area contributed by atoms with E-state index >= 15 is 0 Å².